The molecule has 0 aromatic rings. The fourth-order valence-electron chi connectivity index (χ4n) is 1.39. The molecular formula is C13H26NO4Y-. The second kappa shape index (κ2) is 10.8. The molecule has 0 aromatic carbocycles. The van der Waals surface area contributed by atoms with E-state index in [0.29, 0.717) is 17.4 Å². The van der Waals surface area contributed by atoms with Crippen LogP contribution in [0.25, 0.3) is 0 Å². The van der Waals surface area contributed by atoms with Gasteiger partial charge in [0.1, 0.15) is 6.54 Å². The quantitative estimate of drug-likeness (QED) is 0.375. The molecule has 2 unspecified atom stereocenters. The summed E-state index contributed by atoms with van der Waals surface area (Å²) in [4.78, 5) is 22.2. The normalized spacial score (nSPS) is 13.5. The molecule has 0 N–H and O–H groups in total. The number of likely N-dealkylation sites (N-methyl/N-ethyl adjacent to an activating group) is 1. The van der Waals surface area contributed by atoms with Crippen molar-refractivity contribution in [2.24, 2.45) is 5.92 Å². The first-order chi connectivity index (χ1) is 7.65. The first kappa shape index (κ1) is 24.1. The number of carbonyl (C=O) groups is 2. The van der Waals surface area contributed by atoms with E-state index in [1.54, 1.807) is 6.92 Å². The zero-order valence-electron chi connectivity index (χ0n) is 12.9. The Kier molecular flexibility index (Phi) is 13.6. The standard InChI is InChI=1S/C12H23NO4.CH3.Y/c1-6-9(2)12(16)17-10(7-11(14)15)8-13(3,4)5;;/h9-10H,6-8H2,1-5H3;1H3;/q;-1;. The van der Waals surface area contributed by atoms with Crippen molar-refractivity contribution in [2.45, 2.75) is 32.8 Å². The minimum atomic E-state index is -1.19. The Balaban J connectivity index is -0.00000128. The number of hydrogen-bond acceptors (Lipinski definition) is 4. The topological polar surface area (TPSA) is 66.4 Å². The molecule has 1 radical (unpaired) electrons. The molecule has 111 valence electrons. The predicted molar refractivity (Wildman–Crippen MR) is 68.3 cm³/mol. The second-order valence-corrected chi connectivity index (χ2v) is 5.42. The summed E-state index contributed by atoms with van der Waals surface area (Å²) in [5, 5.41) is 10.6. The van der Waals surface area contributed by atoms with Crippen LogP contribution in [0.4, 0.5) is 0 Å². The monoisotopic (exact) mass is 349 g/mol. The van der Waals surface area contributed by atoms with Gasteiger partial charge in [-0.1, -0.05) is 13.8 Å². The van der Waals surface area contributed by atoms with Gasteiger partial charge in [0.15, 0.2) is 6.10 Å². The van der Waals surface area contributed by atoms with E-state index in [9.17, 15) is 14.7 Å². The second-order valence-electron chi connectivity index (χ2n) is 5.42. The average molecular weight is 349 g/mol. The van der Waals surface area contributed by atoms with Crippen LogP contribution in [0.15, 0.2) is 0 Å². The van der Waals surface area contributed by atoms with Crippen molar-refractivity contribution in [3.8, 4) is 0 Å². The average Bonchev–Trinajstić information content (AvgIpc) is 2.12. The summed E-state index contributed by atoms with van der Waals surface area (Å²) < 4.78 is 5.75. The van der Waals surface area contributed by atoms with E-state index in [1.807, 2.05) is 28.1 Å². The molecule has 0 rings (SSSR count). The Morgan fingerprint density at radius 3 is 2.05 bits per heavy atom. The minimum Gasteiger partial charge on any atom is -0.550 e. The van der Waals surface area contributed by atoms with Gasteiger partial charge < -0.3 is 26.5 Å². The molecule has 0 saturated heterocycles. The third kappa shape index (κ3) is 12.8. The number of quaternary nitrogens is 1. The summed E-state index contributed by atoms with van der Waals surface area (Å²) in [6.45, 7) is 4.11. The van der Waals surface area contributed by atoms with Gasteiger partial charge in [-0.05, 0) is 6.42 Å². The molecule has 0 aliphatic carbocycles. The number of esters is 1. The number of carboxylic acid groups (broad SMARTS) is 1. The SMILES string of the molecule is CCC(C)C(=O)OC(CC(=O)[O-])C[N+](C)(C)C.[CH3-].[Y]. The first-order valence-corrected chi connectivity index (χ1v) is 5.86. The molecule has 0 fully saturated rings. The largest absolute Gasteiger partial charge is 0.550 e. The van der Waals surface area contributed by atoms with Crippen LogP contribution in [0.1, 0.15) is 26.7 Å². The maximum absolute atomic E-state index is 11.6. The minimum absolute atomic E-state index is 0. The Bertz CT molecular complexity index is 276. The summed E-state index contributed by atoms with van der Waals surface area (Å²) in [5.74, 6) is -1.74. The van der Waals surface area contributed by atoms with Gasteiger partial charge in [0.05, 0.1) is 27.1 Å². The third-order valence-electron chi connectivity index (χ3n) is 2.44. The number of aliphatic carboxylic acids is 1. The Morgan fingerprint density at radius 2 is 1.74 bits per heavy atom. The van der Waals surface area contributed by atoms with Gasteiger partial charge in [-0.2, -0.15) is 0 Å². The van der Waals surface area contributed by atoms with Gasteiger partial charge in [0.2, 0.25) is 0 Å². The van der Waals surface area contributed by atoms with Gasteiger partial charge >= 0.3 is 5.97 Å². The molecule has 0 heterocycles. The fraction of sp³-hybridized carbons (Fsp3) is 0.769. The maximum Gasteiger partial charge on any atom is 0.309 e. The molecule has 0 saturated carbocycles. The third-order valence-corrected chi connectivity index (χ3v) is 2.44. The number of ether oxygens (including phenoxy) is 1. The first-order valence-electron chi connectivity index (χ1n) is 5.86. The number of rotatable bonds is 7. The van der Waals surface area contributed by atoms with Crippen LogP contribution in [0.3, 0.4) is 0 Å². The van der Waals surface area contributed by atoms with E-state index >= 15 is 0 Å². The summed E-state index contributed by atoms with van der Waals surface area (Å²) >= 11 is 0. The predicted octanol–water partition coefficient (Wildman–Crippen LogP) is 0.238. The van der Waals surface area contributed by atoms with Gasteiger partial charge in [-0.3, -0.25) is 4.79 Å². The molecule has 0 aromatic heterocycles. The molecule has 19 heavy (non-hydrogen) atoms. The summed E-state index contributed by atoms with van der Waals surface area (Å²) in [7, 11) is 5.75. The Labute approximate surface area is 142 Å². The van der Waals surface area contributed by atoms with Crippen molar-refractivity contribution in [1.82, 2.24) is 0 Å². The molecule has 0 aliphatic rings. The van der Waals surface area contributed by atoms with E-state index in [4.69, 9.17) is 4.74 Å². The molecule has 0 spiro atoms. The van der Waals surface area contributed by atoms with Crippen LogP contribution in [-0.4, -0.2) is 50.2 Å². The molecule has 6 heteroatoms. The van der Waals surface area contributed by atoms with Crippen LogP contribution in [0.2, 0.25) is 0 Å². The van der Waals surface area contributed by atoms with Crippen molar-refractivity contribution < 1.29 is 56.6 Å². The van der Waals surface area contributed by atoms with Crippen LogP contribution in [0, 0.1) is 13.3 Å². The van der Waals surface area contributed by atoms with Gasteiger partial charge in [-0.15, -0.1) is 0 Å². The fourth-order valence-corrected chi connectivity index (χ4v) is 1.39. The number of hydrogen-bond donors (Lipinski definition) is 0. The van der Waals surface area contributed by atoms with Crippen LogP contribution >= 0.6 is 0 Å². The van der Waals surface area contributed by atoms with Crippen molar-refractivity contribution in [2.75, 3.05) is 27.7 Å². The Morgan fingerprint density at radius 1 is 1.26 bits per heavy atom. The van der Waals surface area contributed by atoms with E-state index in [-0.39, 0.29) is 58.4 Å². The van der Waals surface area contributed by atoms with E-state index < -0.39 is 12.1 Å². The molecule has 0 amide bonds. The van der Waals surface area contributed by atoms with Crippen molar-refractivity contribution in [3.05, 3.63) is 7.43 Å². The van der Waals surface area contributed by atoms with Crippen LogP contribution < -0.4 is 5.11 Å². The molecular weight excluding hydrogens is 323 g/mol. The van der Waals surface area contributed by atoms with Gasteiger partial charge in [0, 0.05) is 45.1 Å². The zero-order chi connectivity index (χ0) is 13.6. The van der Waals surface area contributed by atoms with Crippen molar-refractivity contribution in [3.63, 3.8) is 0 Å². The molecule has 0 bridgehead atoms. The zero-order valence-corrected chi connectivity index (χ0v) is 15.8. The van der Waals surface area contributed by atoms with Gasteiger partial charge in [0.25, 0.3) is 0 Å². The maximum atomic E-state index is 11.6. The molecule has 2 atom stereocenters. The smallest absolute Gasteiger partial charge is 0.309 e. The number of carbonyl (C=O) groups excluding carboxylic acids is 2. The Hall–Kier alpha value is 0.00390. The summed E-state index contributed by atoms with van der Waals surface area (Å²) in [6.07, 6.45) is -0.194. The van der Waals surface area contributed by atoms with E-state index in [2.05, 4.69) is 0 Å². The van der Waals surface area contributed by atoms with Crippen LogP contribution in [-0.2, 0) is 47.0 Å². The molecule has 5 nitrogen and oxygen atoms in total. The molecule has 0 aliphatic heterocycles. The van der Waals surface area contributed by atoms with E-state index in [0.717, 1.165) is 0 Å². The van der Waals surface area contributed by atoms with Crippen molar-refractivity contribution in [1.29, 1.82) is 0 Å². The summed E-state index contributed by atoms with van der Waals surface area (Å²) in [5.41, 5.74) is 0. The van der Waals surface area contributed by atoms with Crippen LogP contribution in [0.5, 0.6) is 0 Å². The summed E-state index contributed by atoms with van der Waals surface area (Å²) in [6, 6.07) is 0. The number of carboxylic acids is 1. The van der Waals surface area contributed by atoms with E-state index in [1.165, 1.54) is 0 Å². The van der Waals surface area contributed by atoms with Gasteiger partial charge in [-0.25, -0.2) is 0 Å². The van der Waals surface area contributed by atoms with Crippen molar-refractivity contribution >= 4 is 11.9 Å². The number of nitrogens with zero attached hydrogens (tertiary/aromatic N) is 1.